The van der Waals surface area contributed by atoms with Crippen molar-refractivity contribution < 1.29 is 14.4 Å². The smallest absolute Gasteiger partial charge is 0.230 e. The summed E-state index contributed by atoms with van der Waals surface area (Å²) in [6, 6.07) is 5.55. The van der Waals surface area contributed by atoms with E-state index in [4.69, 9.17) is 9.47 Å². The van der Waals surface area contributed by atoms with Gasteiger partial charge in [-0.3, -0.25) is 10.1 Å². The molecule has 0 fully saturated rings. The van der Waals surface area contributed by atoms with Gasteiger partial charge in [0, 0.05) is 5.56 Å². The molecular formula is C13H17NO4. The Balaban J connectivity index is 2.88. The molecule has 98 valence electrons. The van der Waals surface area contributed by atoms with Gasteiger partial charge in [-0.2, -0.15) is 0 Å². The van der Waals surface area contributed by atoms with Gasteiger partial charge < -0.3 is 9.47 Å². The highest BCUT2D eigenvalue weighted by atomic mass is 16.6. The van der Waals surface area contributed by atoms with Crippen LogP contribution in [-0.4, -0.2) is 19.1 Å². The van der Waals surface area contributed by atoms with Crippen molar-refractivity contribution in [2.75, 3.05) is 14.2 Å². The molecule has 1 aromatic rings. The van der Waals surface area contributed by atoms with Crippen LogP contribution in [0.4, 0.5) is 0 Å². The number of benzene rings is 1. The van der Waals surface area contributed by atoms with E-state index in [0.717, 1.165) is 23.3 Å². The molecule has 0 spiro atoms. The predicted molar refractivity (Wildman–Crippen MR) is 68.7 cm³/mol. The van der Waals surface area contributed by atoms with Crippen LogP contribution in [0, 0.1) is 10.1 Å². The first-order chi connectivity index (χ1) is 8.58. The van der Waals surface area contributed by atoms with Gasteiger partial charge in [-0.15, -0.1) is 0 Å². The Morgan fingerprint density at radius 1 is 1.39 bits per heavy atom. The van der Waals surface area contributed by atoms with Crippen molar-refractivity contribution in [3.8, 4) is 11.5 Å². The molecule has 0 N–H and O–H groups in total. The van der Waals surface area contributed by atoms with Crippen molar-refractivity contribution >= 4 is 0 Å². The lowest BCUT2D eigenvalue weighted by molar-refractivity contribution is -0.402. The van der Waals surface area contributed by atoms with Crippen LogP contribution in [0.15, 0.2) is 30.5 Å². The molecule has 0 aliphatic heterocycles. The fourth-order valence-electron chi connectivity index (χ4n) is 1.70. The predicted octanol–water partition coefficient (Wildman–Crippen LogP) is 2.99. The second kappa shape index (κ2) is 6.64. The maximum absolute atomic E-state index is 10.2. The first-order valence-corrected chi connectivity index (χ1v) is 5.60. The molecule has 1 rings (SSSR count). The van der Waals surface area contributed by atoms with Crippen molar-refractivity contribution in [1.82, 2.24) is 0 Å². The molecule has 5 nitrogen and oxygen atoms in total. The van der Waals surface area contributed by atoms with Crippen LogP contribution in [0.25, 0.3) is 0 Å². The SMILES string of the molecule is COc1ccc(OC)c(C(C)CC=C[N+](=O)[O-])c1. The summed E-state index contributed by atoms with van der Waals surface area (Å²) in [7, 11) is 3.20. The third-order valence-corrected chi connectivity index (χ3v) is 2.68. The zero-order valence-corrected chi connectivity index (χ0v) is 10.8. The number of methoxy groups -OCH3 is 2. The van der Waals surface area contributed by atoms with Crippen LogP contribution in [0.1, 0.15) is 24.8 Å². The topological polar surface area (TPSA) is 61.6 Å². The number of allylic oxidation sites excluding steroid dienone is 1. The molecule has 0 saturated heterocycles. The Morgan fingerprint density at radius 2 is 2.11 bits per heavy atom. The molecule has 0 aliphatic carbocycles. The molecule has 1 unspecified atom stereocenters. The maximum Gasteiger partial charge on any atom is 0.230 e. The number of ether oxygens (including phenoxy) is 2. The van der Waals surface area contributed by atoms with Gasteiger partial charge in [0.2, 0.25) is 6.20 Å². The lowest BCUT2D eigenvalue weighted by atomic mass is 9.96. The summed E-state index contributed by atoms with van der Waals surface area (Å²) >= 11 is 0. The van der Waals surface area contributed by atoms with Gasteiger partial charge in [0.1, 0.15) is 11.5 Å². The van der Waals surface area contributed by atoms with Crippen molar-refractivity contribution in [3.63, 3.8) is 0 Å². The molecule has 1 atom stereocenters. The third-order valence-electron chi connectivity index (χ3n) is 2.68. The van der Waals surface area contributed by atoms with Gasteiger partial charge in [-0.25, -0.2) is 0 Å². The van der Waals surface area contributed by atoms with Crippen LogP contribution in [0.2, 0.25) is 0 Å². The van der Waals surface area contributed by atoms with E-state index >= 15 is 0 Å². The number of rotatable bonds is 6. The number of nitrogens with zero attached hydrogens (tertiary/aromatic N) is 1. The highest BCUT2D eigenvalue weighted by Crippen LogP contribution is 2.32. The summed E-state index contributed by atoms with van der Waals surface area (Å²) in [5, 5.41) is 10.2. The van der Waals surface area contributed by atoms with Gasteiger partial charge in [0.05, 0.1) is 19.1 Å². The van der Waals surface area contributed by atoms with E-state index in [1.165, 1.54) is 0 Å². The minimum atomic E-state index is -0.463. The standard InChI is InChI=1S/C13H17NO4/c1-10(5-4-8-14(15)16)12-9-11(17-2)6-7-13(12)18-3/h4,6-10H,5H2,1-3H3. The molecule has 0 aromatic heterocycles. The lowest BCUT2D eigenvalue weighted by Gasteiger charge is -2.15. The third kappa shape index (κ3) is 3.76. The van der Waals surface area contributed by atoms with Gasteiger partial charge in [-0.05, 0) is 36.6 Å². The zero-order chi connectivity index (χ0) is 13.5. The molecule has 0 radical (unpaired) electrons. The van der Waals surface area contributed by atoms with Gasteiger partial charge in [0.15, 0.2) is 0 Å². The summed E-state index contributed by atoms with van der Waals surface area (Å²) in [4.78, 5) is 9.75. The van der Waals surface area contributed by atoms with Gasteiger partial charge >= 0.3 is 0 Å². The monoisotopic (exact) mass is 251 g/mol. The fraction of sp³-hybridized carbons (Fsp3) is 0.385. The van der Waals surface area contributed by atoms with Crippen LogP contribution in [0.3, 0.4) is 0 Å². The Hall–Kier alpha value is -2.04. The Labute approximate surface area is 106 Å². The van der Waals surface area contributed by atoms with Crippen LogP contribution < -0.4 is 9.47 Å². The van der Waals surface area contributed by atoms with E-state index in [9.17, 15) is 10.1 Å². The van der Waals surface area contributed by atoms with Crippen molar-refractivity contribution in [2.45, 2.75) is 19.3 Å². The number of hydrogen-bond acceptors (Lipinski definition) is 4. The summed E-state index contributed by atoms with van der Waals surface area (Å²) < 4.78 is 10.4. The zero-order valence-electron chi connectivity index (χ0n) is 10.8. The van der Waals surface area contributed by atoms with E-state index in [1.54, 1.807) is 20.3 Å². The molecular weight excluding hydrogens is 234 g/mol. The molecule has 1 aromatic carbocycles. The van der Waals surface area contributed by atoms with Crippen LogP contribution in [-0.2, 0) is 0 Å². The van der Waals surface area contributed by atoms with Crippen molar-refractivity contribution in [1.29, 1.82) is 0 Å². The van der Waals surface area contributed by atoms with Crippen LogP contribution in [0.5, 0.6) is 11.5 Å². The minimum absolute atomic E-state index is 0.117. The highest BCUT2D eigenvalue weighted by Gasteiger charge is 2.12. The van der Waals surface area contributed by atoms with E-state index in [-0.39, 0.29) is 5.92 Å². The average Bonchev–Trinajstić information content (AvgIpc) is 2.37. The van der Waals surface area contributed by atoms with Gasteiger partial charge in [0.25, 0.3) is 0 Å². The molecule has 0 saturated carbocycles. The first-order valence-electron chi connectivity index (χ1n) is 5.60. The van der Waals surface area contributed by atoms with Crippen molar-refractivity contribution in [2.24, 2.45) is 0 Å². The van der Waals surface area contributed by atoms with Gasteiger partial charge in [-0.1, -0.05) is 6.92 Å². The summed E-state index contributed by atoms with van der Waals surface area (Å²) in [5.41, 5.74) is 0.977. The second-order valence-corrected chi connectivity index (χ2v) is 3.91. The molecule has 5 heteroatoms. The van der Waals surface area contributed by atoms with Crippen molar-refractivity contribution in [3.05, 3.63) is 46.2 Å². The molecule has 0 heterocycles. The van der Waals surface area contributed by atoms with E-state index in [2.05, 4.69) is 0 Å². The molecule has 0 bridgehead atoms. The number of nitro groups is 1. The molecule has 0 aliphatic rings. The minimum Gasteiger partial charge on any atom is -0.497 e. The molecule has 0 amide bonds. The highest BCUT2D eigenvalue weighted by molar-refractivity contribution is 5.42. The van der Waals surface area contributed by atoms with Crippen LogP contribution >= 0.6 is 0 Å². The maximum atomic E-state index is 10.2. The average molecular weight is 251 g/mol. The normalized spacial score (nSPS) is 12.4. The van der Waals surface area contributed by atoms with E-state index < -0.39 is 4.92 Å². The molecule has 18 heavy (non-hydrogen) atoms. The Kier molecular flexibility index (Phi) is 5.17. The first kappa shape index (κ1) is 14.0. The van der Waals surface area contributed by atoms with E-state index in [1.807, 2.05) is 25.1 Å². The lowest BCUT2D eigenvalue weighted by Crippen LogP contribution is -1.98. The quantitative estimate of drug-likeness (QED) is 0.576. The summed E-state index contributed by atoms with van der Waals surface area (Å²) in [6.07, 6.45) is 3.08. The summed E-state index contributed by atoms with van der Waals surface area (Å²) in [6.45, 7) is 1.99. The summed E-state index contributed by atoms with van der Waals surface area (Å²) in [5.74, 6) is 1.62. The second-order valence-electron chi connectivity index (χ2n) is 3.91. The van der Waals surface area contributed by atoms with E-state index in [0.29, 0.717) is 6.42 Å². The number of hydrogen-bond donors (Lipinski definition) is 0. The Bertz CT molecular complexity index is 443. The Morgan fingerprint density at radius 3 is 2.67 bits per heavy atom. The fourth-order valence-corrected chi connectivity index (χ4v) is 1.70. The largest absolute Gasteiger partial charge is 0.497 e.